The fourth-order valence-electron chi connectivity index (χ4n) is 2.91. The second-order valence-corrected chi connectivity index (χ2v) is 5.40. The van der Waals surface area contributed by atoms with E-state index >= 15 is 0 Å². The molecule has 94 valence electrons. The smallest absolute Gasteiger partial charge is 0.0707 e. The van der Waals surface area contributed by atoms with E-state index in [0.29, 0.717) is 12.2 Å². The minimum Gasteiger partial charge on any atom is -0.394 e. The van der Waals surface area contributed by atoms with E-state index in [4.69, 9.17) is 4.74 Å². The van der Waals surface area contributed by atoms with Crippen molar-refractivity contribution >= 4 is 0 Å². The Hall–Kier alpha value is -0.160. The summed E-state index contributed by atoms with van der Waals surface area (Å²) in [6.07, 6.45) is 3.28. The molecule has 0 spiro atoms. The van der Waals surface area contributed by atoms with E-state index in [1.54, 1.807) is 0 Å². The monoisotopic (exact) mass is 228 g/mol. The quantitative estimate of drug-likeness (QED) is 0.706. The summed E-state index contributed by atoms with van der Waals surface area (Å²) in [5.41, 5.74) is -0.175. The zero-order valence-corrected chi connectivity index (χ0v) is 10.4. The number of aliphatic hydroxyl groups excluding tert-OH is 1. The summed E-state index contributed by atoms with van der Waals surface area (Å²) in [4.78, 5) is 2.44. The summed E-state index contributed by atoms with van der Waals surface area (Å²) in [6.45, 7) is 8.22. The van der Waals surface area contributed by atoms with Crippen molar-refractivity contribution in [1.82, 2.24) is 10.2 Å². The molecule has 2 rings (SSSR count). The highest BCUT2D eigenvalue weighted by molar-refractivity contribution is 4.91. The van der Waals surface area contributed by atoms with Gasteiger partial charge in [0.25, 0.3) is 0 Å². The number of likely N-dealkylation sites (tertiary alicyclic amines) is 1. The average Bonchev–Trinajstić information content (AvgIpc) is 2.58. The Morgan fingerprint density at radius 3 is 2.50 bits per heavy atom. The number of rotatable bonds is 5. The zero-order chi connectivity index (χ0) is 11.6. The lowest BCUT2D eigenvalue weighted by Crippen LogP contribution is -2.57. The number of aliphatic hydroxyl groups is 1. The standard InChI is InChI=1S/C12H24N2O2/c1-3-13-12(2,9-15)8-14-6-10-4-5-11(7-14)16-10/h10-11,13,15H,3-9H2,1-2H3. The summed E-state index contributed by atoms with van der Waals surface area (Å²) >= 11 is 0. The summed E-state index contributed by atoms with van der Waals surface area (Å²) in [5, 5.41) is 12.8. The van der Waals surface area contributed by atoms with Gasteiger partial charge in [0.05, 0.1) is 24.4 Å². The van der Waals surface area contributed by atoms with Crippen molar-refractivity contribution in [3.05, 3.63) is 0 Å². The SMILES string of the molecule is CCNC(C)(CO)CN1CC2CCC(C1)O2. The van der Waals surface area contributed by atoms with Gasteiger partial charge in [-0.25, -0.2) is 0 Å². The minimum atomic E-state index is -0.175. The van der Waals surface area contributed by atoms with Crippen molar-refractivity contribution in [3.8, 4) is 0 Å². The highest BCUT2D eigenvalue weighted by Gasteiger charge is 2.36. The predicted molar refractivity (Wildman–Crippen MR) is 63.5 cm³/mol. The number of fused-ring (bicyclic) bond motifs is 2. The van der Waals surface area contributed by atoms with E-state index in [0.717, 1.165) is 26.2 Å². The number of morpholine rings is 1. The predicted octanol–water partition coefficient (Wildman–Crippen LogP) is 0.210. The molecule has 0 aliphatic carbocycles. The molecule has 0 aromatic rings. The number of hydrogen-bond acceptors (Lipinski definition) is 4. The maximum atomic E-state index is 9.47. The van der Waals surface area contributed by atoms with Crippen molar-refractivity contribution in [1.29, 1.82) is 0 Å². The first-order chi connectivity index (χ1) is 7.65. The third-order valence-corrected chi connectivity index (χ3v) is 3.64. The van der Waals surface area contributed by atoms with E-state index in [2.05, 4.69) is 24.1 Å². The molecule has 2 fully saturated rings. The van der Waals surface area contributed by atoms with E-state index in [1.807, 2.05) is 0 Å². The molecular formula is C12H24N2O2. The van der Waals surface area contributed by atoms with Gasteiger partial charge in [-0.3, -0.25) is 4.90 Å². The summed E-state index contributed by atoms with van der Waals surface area (Å²) in [6, 6.07) is 0. The number of nitrogens with one attached hydrogen (secondary N) is 1. The highest BCUT2D eigenvalue weighted by atomic mass is 16.5. The van der Waals surface area contributed by atoms with Gasteiger partial charge in [0.15, 0.2) is 0 Å². The van der Waals surface area contributed by atoms with E-state index < -0.39 is 0 Å². The van der Waals surface area contributed by atoms with Crippen LogP contribution >= 0.6 is 0 Å². The Balaban J connectivity index is 1.88. The summed E-state index contributed by atoms with van der Waals surface area (Å²) in [5.74, 6) is 0. The lowest BCUT2D eigenvalue weighted by Gasteiger charge is -2.39. The van der Waals surface area contributed by atoms with Crippen LogP contribution in [0.1, 0.15) is 26.7 Å². The molecule has 0 amide bonds. The number of likely N-dealkylation sites (N-methyl/N-ethyl adjacent to an activating group) is 1. The molecule has 2 aliphatic heterocycles. The van der Waals surface area contributed by atoms with Crippen molar-refractivity contribution in [2.45, 2.75) is 44.4 Å². The van der Waals surface area contributed by atoms with E-state index in [1.165, 1.54) is 12.8 Å². The van der Waals surface area contributed by atoms with Gasteiger partial charge in [-0.1, -0.05) is 6.92 Å². The first-order valence-electron chi connectivity index (χ1n) is 6.39. The highest BCUT2D eigenvalue weighted by Crippen LogP contribution is 2.26. The van der Waals surface area contributed by atoms with Gasteiger partial charge in [0, 0.05) is 19.6 Å². The van der Waals surface area contributed by atoms with Gasteiger partial charge >= 0.3 is 0 Å². The van der Waals surface area contributed by atoms with Crippen LogP contribution in [0.4, 0.5) is 0 Å². The van der Waals surface area contributed by atoms with Crippen molar-refractivity contribution < 1.29 is 9.84 Å². The minimum absolute atomic E-state index is 0.175. The molecular weight excluding hydrogens is 204 g/mol. The third-order valence-electron chi connectivity index (χ3n) is 3.64. The normalized spacial score (nSPS) is 33.9. The van der Waals surface area contributed by atoms with Gasteiger partial charge < -0.3 is 15.2 Å². The molecule has 2 heterocycles. The van der Waals surface area contributed by atoms with Gasteiger partial charge in [-0.15, -0.1) is 0 Å². The Morgan fingerprint density at radius 2 is 2.00 bits per heavy atom. The van der Waals surface area contributed by atoms with Crippen LogP contribution in [-0.4, -0.2) is 60.5 Å². The first kappa shape index (κ1) is 12.3. The van der Waals surface area contributed by atoms with Gasteiger partial charge in [0.1, 0.15) is 0 Å². The second-order valence-electron chi connectivity index (χ2n) is 5.40. The molecule has 2 bridgehead atoms. The number of ether oxygens (including phenoxy) is 1. The van der Waals surface area contributed by atoms with Crippen LogP contribution in [0.15, 0.2) is 0 Å². The molecule has 0 aromatic heterocycles. The Labute approximate surface area is 98.0 Å². The maximum Gasteiger partial charge on any atom is 0.0707 e. The Bertz CT molecular complexity index is 225. The molecule has 3 atom stereocenters. The first-order valence-corrected chi connectivity index (χ1v) is 6.39. The Kier molecular flexibility index (Phi) is 3.85. The van der Waals surface area contributed by atoms with Crippen molar-refractivity contribution in [3.63, 3.8) is 0 Å². The Morgan fingerprint density at radius 1 is 1.38 bits per heavy atom. The topological polar surface area (TPSA) is 44.7 Å². The van der Waals surface area contributed by atoms with Gasteiger partial charge in [-0.2, -0.15) is 0 Å². The molecule has 0 radical (unpaired) electrons. The van der Waals surface area contributed by atoms with Crippen LogP contribution in [0, 0.1) is 0 Å². The summed E-state index contributed by atoms with van der Waals surface area (Å²) < 4.78 is 5.81. The largest absolute Gasteiger partial charge is 0.394 e. The third kappa shape index (κ3) is 2.74. The lowest BCUT2D eigenvalue weighted by atomic mass is 10.0. The molecule has 4 nitrogen and oxygen atoms in total. The second kappa shape index (κ2) is 5.00. The molecule has 2 saturated heterocycles. The fourth-order valence-corrected chi connectivity index (χ4v) is 2.91. The molecule has 2 aliphatic rings. The van der Waals surface area contributed by atoms with Crippen LogP contribution in [-0.2, 0) is 4.74 Å². The van der Waals surface area contributed by atoms with Crippen LogP contribution in [0.25, 0.3) is 0 Å². The van der Waals surface area contributed by atoms with Crippen LogP contribution in [0.3, 0.4) is 0 Å². The molecule has 16 heavy (non-hydrogen) atoms. The van der Waals surface area contributed by atoms with Crippen molar-refractivity contribution in [2.75, 3.05) is 32.8 Å². The van der Waals surface area contributed by atoms with Gasteiger partial charge in [0.2, 0.25) is 0 Å². The number of nitrogens with zero attached hydrogens (tertiary/aromatic N) is 1. The molecule has 0 aromatic carbocycles. The molecule has 0 saturated carbocycles. The lowest BCUT2D eigenvalue weighted by molar-refractivity contribution is -0.0482. The maximum absolute atomic E-state index is 9.47. The number of hydrogen-bond donors (Lipinski definition) is 2. The van der Waals surface area contributed by atoms with Crippen molar-refractivity contribution in [2.24, 2.45) is 0 Å². The zero-order valence-electron chi connectivity index (χ0n) is 10.4. The fraction of sp³-hybridized carbons (Fsp3) is 1.00. The van der Waals surface area contributed by atoms with E-state index in [-0.39, 0.29) is 12.1 Å². The van der Waals surface area contributed by atoms with Crippen LogP contribution in [0.5, 0.6) is 0 Å². The van der Waals surface area contributed by atoms with Crippen LogP contribution < -0.4 is 5.32 Å². The van der Waals surface area contributed by atoms with E-state index in [9.17, 15) is 5.11 Å². The molecule has 4 heteroatoms. The molecule has 3 unspecified atom stereocenters. The summed E-state index contributed by atoms with van der Waals surface area (Å²) in [7, 11) is 0. The van der Waals surface area contributed by atoms with Crippen LogP contribution in [0.2, 0.25) is 0 Å². The molecule has 2 N–H and O–H groups in total. The van der Waals surface area contributed by atoms with Gasteiger partial charge in [-0.05, 0) is 26.3 Å². The average molecular weight is 228 g/mol.